The van der Waals surface area contributed by atoms with Gasteiger partial charge in [-0.15, -0.1) is 13.2 Å². The second-order valence-electron chi connectivity index (χ2n) is 4.43. The van der Waals surface area contributed by atoms with E-state index in [9.17, 15) is 21.6 Å². The Morgan fingerprint density at radius 2 is 1.95 bits per heavy atom. The summed E-state index contributed by atoms with van der Waals surface area (Å²) in [6, 6.07) is 5.88. The topological polar surface area (TPSA) is 70.4 Å². The van der Waals surface area contributed by atoms with Crippen molar-refractivity contribution in [3.8, 4) is 11.8 Å². The maximum Gasteiger partial charge on any atom is 0.573 e. The van der Waals surface area contributed by atoms with Crippen LogP contribution in [0.5, 0.6) is 5.75 Å². The number of nitrogens with zero attached hydrogens (tertiary/aromatic N) is 2. The van der Waals surface area contributed by atoms with Crippen LogP contribution in [0.15, 0.2) is 29.2 Å². The van der Waals surface area contributed by atoms with Gasteiger partial charge in [0.25, 0.3) is 0 Å². The van der Waals surface area contributed by atoms with Gasteiger partial charge in [0.15, 0.2) is 0 Å². The third kappa shape index (κ3) is 3.65. The predicted octanol–water partition coefficient (Wildman–Crippen LogP) is 2.26. The van der Waals surface area contributed by atoms with E-state index >= 15 is 0 Å². The zero-order valence-electron chi connectivity index (χ0n) is 10.7. The van der Waals surface area contributed by atoms with Gasteiger partial charge in [-0.1, -0.05) is 12.1 Å². The van der Waals surface area contributed by atoms with Gasteiger partial charge < -0.3 is 4.74 Å². The lowest BCUT2D eigenvalue weighted by molar-refractivity contribution is -0.275. The van der Waals surface area contributed by atoms with Crippen LogP contribution >= 0.6 is 0 Å². The number of nitriles is 1. The van der Waals surface area contributed by atoms with Gasteiger partial charge in [-0.05, 0) is 25.0 Å². The fourth-order valence-corrected chi connectivity index (χ4v) is 3.54. The molecule has 5 nitrogen and oxygen atoms in total. The van der Waals surface area contributed by atoms with Crippen molar-refractivity contribution >= 4 is 10.0 Å². The van der Waals surface area contributed by atoms with Crippen molar-refractivity contribution in [1.82, 2.24) is 4.31 Å². The van der Waals surface area contributed by atoms with Crippen LogP contribution in [0.25, 0.3) is 0 Å². The maximum absolute atomic E-state index is 12.4. The molecule has 114 valence electrons. The molecule has 0 radical (unpaired) electrons. The summed E-state index contributed by atoms with van der Waals surface area (Å²) in [5.74, 6) is -0.798. The molecule has 1 aromatic rings. The van der Waals surface area contributed by atoms with Crippen LogP contribution in [0.1, 0.15) is 12.8 Å². The molecule has 0 unspecified atom stereocenters. The summed E-state index contributed by atoms with van der Waals surface area (Å²) in [6.07, 6.45) is -3.82. The first kappa shape index (κ1) is 15.6. The molecule has 2 rings (SSSR count). The zero-order valence-corrected chi connectivity index (χ0v) is 11.5. The molecule has 21 heavy (non-hydrogen) atoms. The summed E-state index contributed by atoms with van der Waals surface area (Å²) in [5, 5.41) is 8.71. The molecule has 0 amide bonds. The number of sulfonamides is 1. The first-order valence-corrected chi connectivity index (χ1v) is 7.43. The van der Waals surface area contributed by atoms with E-state index < -0.39 is 33.6 Å². The molecule has 1 aliphatic carbocycles. The monoisotopic (exact) mass is 320 g/mol. The molecule has 0 heterocycles. The van der Waals surface area contributed by atoms with E-state index in [1.807, 2.05) is 0 Å². The Hall–Kier alpha value is -1.79. The molecular weight excluding hydrogens is 309 g/mol. The summed E-state index contributed by atoms with van der Waals surface area (Å²) >= 11 is 0. The lowest BCUT2D eigenvalue weighted by Gasteiger charge is -2.20. The molecule has 9 heteroatoms. The average Bonchev–Trinajstić information content (AvgIpc) is 3.18. The highest BCUT2D eigenvalue weighted by Crippen LogP contribution is 2.36. The second kappa shape index (κ2) is 5.54. The normalized spacial score (nSPS) is 15.8. The number of hydrogen-bond acceptors (Lipinski definition) is 4. The lowest BCUT2D eigenvalue weighted by Crippen LogP contribution is -2.34. The van der Waals surface area contributed by atoms with Crippen molar-refractivity contribution < 1.29 is 26.3 Å². The standard InChI is InChI=1S/C12H11F3N2O3S/c13-12(14,15)20-10-3-1-2-4-11(10)21(18,19)17(8-7-16)9-5-6-9/h1-4,9H,5-6,8H2. The third-order valence-corrected chi connectivity index (χ3v) is 4.78. The third-order valence-electron chi connectivity index (χ3n) is 2.84. The van der Waals surface area contributed by atoms with E-state index in [-0.39, 0.29) is 6.04 Å². The second-order valence-corrected chi connectivity index (χ2v) is 6.29. The minimum absolute atomic E-state index is 0.339. The van der Waals surface area contributed by atoms with Gasteiger partial charge in [0.05, 0.1) is 6.07 Å². The molecule has 1 saturated carbocycles. The Bertz CT molecular complexity index is 663. The Kier molecular flexibility index (Phi) is 4.11. The first-order valence-electron chi connectivity index (χ1n) is 5.99. The SMILES string of the molecule is N#CCN(C1CC1)S(=O)(=O)c1ccccc1OC(F)(F)F. The van der Waals surface area contributed by atoms with E-state index in [1.54, 1.807) is 6.07 Å². The molecule has 1 aliphatic rings. The van der Waals surface area contributed by atoms with Gasteiger partial charge in [-0.2, -0.15) is 9.57 Å². The molecule has 1 aromatic carbocycles. The number of alkyl halides is 3. The summed E-state index contributed by atoms with van der Waals surface area (Å²) in [7, 11) is -4.22. The molecule has 0 bridgehead atoms. The molecular formula is C12H11F3N2O3S. The molecule has 1 fully saturated rings. The highest BCUT2D eigenvalue weighted by molar-refractivity contribution is 7.89. The van der Waals surface area contributed by atoms with Gasteiger partial charge in [0.2, 0.25) is 10.0 Å². The van der Waals surface area contributed by atoms with Crippen LogP contribution < -0.4 is 4.74 Å². The van der Waals surface area contributed by atoms with Crippen molar-refractivity contribution in [2.24, 2.45) is 0 Å². The van der Waals surface area contributed by atoms with Gasteiger partial charge in [0.1, 0.15) is 17.2 Å². The zero-order chi connectivity index (χ0) is 15.7. The van der Waals surface area contributed by atoms with Gasteiger partial charge in [0, 0.05) is 6.04 Å². The fourth-order valence-electron chi connectivity index (χ4n) is 1.84. The lowest BCUT2D eigenvalue weighted by atomic mass is 10.3. The molecule has 0 N–H and O–H groups in total. The van der Waals surface area contributed by atoms with Crippen molar-refractivity contribution in [3.05, 3.63) is 24.3 Å². The summed E-state index contributed by atoms with van der Waals surface area (Å²) in [6.45, 7) is -0.409. The number of para-hydroxylation sites is 1. The fraction of sp³-hybridized carbons (Fsp3) is 0.417. The predicted molar refractivity (Wildman–Crippen MR) is 65.7 cm³/mol. The van der Waals surface area contributed by atoms with E-state index in [2.05, 4.69) is 4.74 Å². The van der Waals surface area contributed by atoms with E-state index in [0.717, 1.165) is 16.4 Å². The molecule has 0 aromatic heterocycles. The first-order chi connectivity index (χ1) is 9.75. The Morgan fingerprint density at radius 3 is 2.48 bits per heavy atom. The minimum atomic E-state index is -4.99. The number of halogens is 3. The molecule has 0 spiro atoms. The van der Waals surface area contributed by atoms with Crippen LogP contribution in [-0.4, -0.2) is 31.7 Å². The Morgan fingerprint density at radius 1 is 1.33 bits per heavy atom. The maximum atomic E-state index is 12.4. The summed E-state index contributed by atoms with van der Waals surface area (Å²) in [5.41, 5.74) is 0. The van der Waals surface area contributed by atoms with E-state index in [0.29, 0.717) is 12.8 Å². The molecule has 0 atom stereocenters. The van der Waals surface area contributed by atoms with Crippen LogP contribution in [0.2, 0.25) is 0 Å². The van der Waals surface area contributed by atoms with Crippen molar-refractivity contribution in [2.45, 2.75) is 30.1 Å². The Labute approximate surface area is 119 Å². The van der Waals surface area contributed by atoms with Crippen LogP contribution in [0.3, 0.4) is 0 Å². The highest BCUT2D eigenvalue weighted by atomic mass is 32.2. The van der Waals surface area contributed by atoms with E-state index in [1.165, 1.54) is 12.1 Å². The van der Waals surface area contributed by atoms with Crippen molar-refractivity contribution in [2.75, 3.05) is 6.54 Å². The summed E-state index contributed by atoms with van der Waals surface area (Å²) < 4.78 is 66.6. The largest absolute Gasteiger partial charge is 0.573 e. The minimum Gasteiger partial charge on any atom is -0.404 e. The number of hydrogen-bond donors (Lipinski definition) is 0. The number of benzene rings is 1. The number of rotatable bonds is 5. The van der Waals surface area contributed by atoms with Crippen LogP contribution in [0, 0.1) is 11.3 Å². The molecule has 0 saturated heterocycles. The van der Waals surface area contributed by atoms with Crippen LogP contribution in [-0.2, 0) is 10.0 Å². The van der Waals surface area contributed by atoms with E-state index in [4.69, 9.17) is 5.26 Å². The average molecular weight is 320 g/mol. The number of ether oxygens (including phenoxy) is 1. The van der Waals surface area contributed by atoms with Crippen molar-refractivity contribution in [1.29, 1.82) is 5.26 Å². The summed E-state index contributed by atoms with van der Waals surface area (Å²) in [4.78, 5) is -0.593. The van der Waals surface area contributed by atoms with Gasteiger partial charge in [-0.25, -0.2) is 8.42 Å². The van der Waals surface area contributed by atoms with Gasteiger partial charge >= 0.3 is 6.36 Å². The highest BCUT2D eigenvalue weighted by Gasteiger charge is 2.40. The van der Waals surface area contributed by atoms with Crippen molar-refractivity contribution in [3.63, 3.8) is 0 Å². The van der Waals surface area contributed by atoms with Gasteiger partial charge in [-0.3, -0.25) is 0 Å². The smallest absolute Gasteiger partial charge is 0.404 e. The Balaban J connectivity index is 2.42. The van der Waals surface area contributed by atoms with Crippen LogP contribution in [0.4, 0.5) is 13.2 Å². The quantitative estimate of drug-likeness (QED) is 0.780. The molecule has 0 aliphatic heterocycles.